The smallest absolute Gasteiger partial charge is 0.293 e. The number of ether oxygens (including phenoxy) is 1. The number of furan rings is 1. The minimum Gasteiger partial charge on any atom is -0.493 e. The molecule has 3 heterocycles. The van der Waals surface area contributed by atoms with Gasteiger partial charge in [-0.1, -0.05) is 23.5 Å². The monoisotopic (exact) mass is 397 g/mol. The van der Waals surface area contributed by atoms with E-state index in [2.05, 4.69) is 10.3 Å². The first-order valence-electron chi connectivity index (χ1n) is 9.00. The molecule has 0 saturated carbocycles. The average molecular weight is 397 g/mol. The number of amides is 2. The molecular weight excluding hydrogens is 378 g/mol. The molecule has 1 aliphatic rings. The van der Waals surface area contributed by atoms with Crippen molar-refractivity contribution in [1.29, 1.82) is 0 Å². The molecule has 1 aromatic carbocycles. The Labute approximate surface area is 165 Å². The minimum atomic E-state index is -0.338. The minimum absolute atomic E-state index is 0.0655. The zero-order valence-corrected chi connectivity index (χ0v) is 16.1. The van der Waals surface area contributed by atoms with Crippen LogP contribution in [0, 0.1) is 0 Å². The molecule has 0 radical (unpaired) electrons. The Morgan fingerprint density at radius 2 is 2.14 bits per heavy atom. The molecule has 0 fully saturated rings. The molecule has 0 aliphatic carbocycles. The molecule has 3 aromatic rings. The lowest BCUT2D eigenvalue weighted by Gasteiger charge is -2.26. The van der Waals surface area contributed by atoms with Crippen molar-refractivity contribution in [2.45, 2.75) is 19.9 Å². The van der Waals surface area contributed by atoms with Crippen molar-refractivity contribution in [2.75, 3.05) is 18.5 Å². The second-order valence-corrected chi connectivity index (χ2v) is 7.31. The van der Waals surface area contributed by atoms with E-state index >= 15 is 0 Å². The quantitative estimate of drug-likeness (QED) is 0.711. The van der Waals surface area contributed by atoms with Crippen LogP contribution in [-0.4, -0.2) is 34.8 Å². The van der Waals surface area contributed by atoms with Crippen LogP contribution < -0.4 is 10.1 Å². The Balaban J connectivity index is 1.48. The second kappa shape index (κ2) is 7.85. The van der Waals surface area contributed by atoms with Crippen molar-refractivity contribution in [3.63, 3.8) is 0 Å². The lowest BCUT2D eigenvalue weighted by atomic mass is 10.1. The number of benzene rings is 1. The SMILES string of the molecule is CCOc1ccccc1C(=O)N1CCc2nc(NC(=O)c3ccco3)sc2C1. The van der Waals surface area contributed by atoms with Gasteiger partial charge in [-0.3, -0.25) is 14.9 Å². The molecule has 0 bridgehead atoms. The van der Waals surface area contributed by atoms with E-state index in [0.717, 1.165) is 10.6 Å². The summed E-state index contributed by atoms with van der Waals surface area (Å²) in [4.78, 5) is 32.4. The van der Waals surface area contributed by atoms with Gasteiger partial charge in [-0.2, -0.15) is 0 Å². The zero-order chi connectivity index (χ0) is 19.5. The van der Waals surface area contributed by atoms with Gasteiger partial charge >= 0.3 is 0 Å². The third kappa shape index (κ3) is 3.63. The highest BCUT2D eigenvalue weighted by atomic mass is 32.1. The summed E-state index contributed by atoms with van der Waals surface area (Å²) >= 11 is 1.38. The van der Waals surface area contributed by atoms with Crippen molar-refractivity contribution in [2.24, 2.45) is 0 Å². The molecule has 7 nitrogen and oxygen atoms in total. The van der Waals surface area contributed by atoms with Crippen LogP contribution in [0.5, 0.6) is 5.75 Å². The number of anilines is 1. The number of aromatic nitrogens is 1. The summed E-state index contributed by atoms with van der Waals surface area (Å²) in [5.41, 5.74) is 1.48. The van der Waals surface area contributed by atoms with Gasteiger partial charge in [0, 0.05) is 17.8 Å². The molecule has 0 atom stereocenters. The summed E-state index contributed by atoms with van der Waals surface area (Å²) in [5.74, 6) is 0.424. The zero-order valence-electron chi connectivity index (χ0n) is 15.3. The van der Waals surface area contributed by atoms with E-state index in [9.17, 15) is 9.59 Å². The van der Waals surface area contributed by atoms with Gasteiger partial charge in [0.25, 0.3) is 11.8 Å². The first kappa shape index (κ1) is 18.2. The van der Waals surface area contributed by atoms with Crippen LogP contribution in [0.1, 0.15) is 38.4 Å². The van der Waals surface area contributed by atoms with Crippen LogP contribution in [-0.2, 0) is 13.0 Å². The lowest BCUT2D eigenvalue weighted by Crippen LogP contribution is -2.35. The van der Waals surface area contributed by atoms with Gasteiger partial charge in [-0.15, -0.1) is 0 Å². The van der Waals surface area contributed by atoms with Gasteiger partial charge in [0.1, 0.15) is 5.75 Å². The number of fused-ring (bicyclic) bond motifs is 1. The Bertz CT molecular complexity index is 997. The number of rotatable bonds is 5. The summed E-state index contributed by atoms with van der Waals surface area (Å²) in [5, 5.41) is 3.26. The molecule has 0 spiro atoms. The third-order valence-corrected chi connectivity index (χ3v) is 5.40. The first-order valence-corrected chi connectivity index (χ1v) is 9.82. The van der Waals surface area contributed by atoms with E-state index in [1.165, 1.54) is 17.6 Å². The molecule has 2 aromatic heterocycles. The summed E-state index contributed by atoms with van der Waals surface area (Å²) in [6, 6.07) is 10.5. The predicted molar refractivity (Wildman–Crippen MR) is 105 cm³/mol. The number of thiazole rings is 1. The molecule has 8 heteroatoms. The molecule has 2 amide bonds. The van der Waals surface area contributed by atoms with Crippen LogP contribution in [0.4, 0.5) is 5.13 Å². The van der Waals surface area contributed by atoms with Gasteiger partial charge in [-0.25, -0.2) is 4.98 Å². The van der Waals surface area contributed by atoms with Gasteiger partial charge in [-0.05, 0) is 31.2 Å². The van der Waals surface area contributed by atoms with Gasteiger partial charge in [0.2, 0.25) is 0 Å². The van der Waals surface area contributed by atoms with Crippen LogP contribution in [0.15, 0.2) is 47.1 Å². The highest BCUT2D eigenvalue weighted by molar-refractivity contribution is 7.15. The number of nitrogens with one attached hydrogen (secondary N) is 1. The van der Waals surface area contributed by atoms with E-state index in [1.807, 2.05) is 19.1 Å². The fourth-order valence-corrected chi connectivity index (χ4v) is 4.10. The summed E-state index contributed by atoms with van der Waals surface area (Å²) < 4.78 is 10.7. The maximum Gasteiger partial charge on any atom is 0.293 e. The number of carbonyl (C=O) groups excluding carboxylic acids is 2. The van der Waals surface area contributed by atoms with Gasteiger partial charge in [0.05, 0.1) is 30.7 Å². The van der Waals surface area contributed by atoms with Crippen molar-refractivity contribution in [3.05, 3.63) is 64.6 Å². The fourth-order valence-electron chi connectivity index (χ4n) is 3.08. The first-order chi connectivity index (χ1) is 13.7. The highest BCUT2D eigenvalue weighted by Gasteiger charge is 2.27. The molecule has 0 saturated heterocycles. The Morgan fingerprint density at radius 1 is 1.29 bits per heavy atom. The third-order valence-electron chi connectivity index (χ3n) is 4.40. The summed E-state index contributed by atoms with van der Waals surface area (Å²) in [7, 11) is 0. The van der Waals surface area contributed by atoms with Crippen LogP contribution >= 0.6 is 11.3 Å². The van der Waals surface area contributed by atoms with Crippen molar-refractivity contribution < 1.29 is 18.7 Å². The molecule has 1 N–H and O–H groups in total. The van der Waals surface area contributed by atoms with E-state index < -0.39 is 0 Å². The number of carbonyl (C=O) groups is 2. The molecule has 28 heavy (non-hydrogen) atoms. The topological polar surface area (TPSA) is 84.7 Å². The summed E-state index contributed by atoms with van der Waals surface area (Å²) in [6.07, 6.45) is 2.09. The standard InChI is InChI=1S/C20H19N3O4S/c1-2-26-15-7-4-3-6-13(15)19(25)23-10-9-14-17(12-23)28-20(21-14)22-18(24)16-8-5-11-27-16/h3-8,11H,2,9-10,12H2,1H3,(H,21,22,24). The van der Waals surface area contributed by atoms with E-state index in [0.29, 0.717) is 42.6 Å². The van der Waals surface area contributed by atoms with Gasteiger partial charge < -0.3 is 14.1 Å². The summed E-state index contributed by atoms with van der Waals surface area (Å²) in [6.45, 7) is 3.43. The Morgan fingerprint density at radius 3 is 2.93 bits per heavy atom. The van der Waals surface area contributed by atoms with Crippen molar-refractivity contribution in [1.82, 2.24) is 9.88 Å². The van der Waals surface area contributed by atoms with Gasteiger partial charge in [0.15, 0.2) is 10.9 Å². The number of hydrogen-bond acceptors (Lipinski definition) is 6. The van der Waals surface area contributed by atoms with E-state index in [-0.39, 0.29) is 17.6 Å². The van der Waals surface area contributed by atoms with E-state index in [1.54, 1.807) is 29.2 Å². The lowest BCUT2D eigenvalue weighted by molar-refractivity contribution is 0.0732. The molecular formula is C20H19N3O4S. The van der Waals surface area contributed by atoms with Crippen molar-refractivity contribution in [3.8, 4) is 5.75 Å². The van der Waals surface area contributed by atoms with Crippen LogP contribution in [0.3, 0.4) is 0 Å². The van der Waals surface area contributed by atoms with Crippen LogP contribution in [0.25, 0.3) is 0 Å². The highest BCUT2D eigenvalue weighted by Crippen LogP contribution is 2.30. The Kier molecular flexibility index (Phi) is 5.12. The maximum absolute atomic E-state index is 13.0. The number of nitrogens with zero attached hydrogens (tertiary/aromatic N) is 2. The van der Waals surface area contributed by atoms with Crippen molar-refractivity contribution >= 4 is 28.3 Å². The molecule has 144 valence electrons. The normalized spacial score (nSPS) is 13.1. The molecule has 4 rings (SSSR count). The predicted octanol–water partition coefficient (Wildman–Crippen LogP) is 3.59. The largest absolute Gasteiger partial charge is 0.493 e. The van der Waals surface area contributed by atoms with E-state index in [4.69, 9.17) is 9.15 Å². The maximum atomic E-state index is 13.0. The second-order valence-electron chi connectivity index (χ2n) is 6.23. The molecule has 1 aliphatic heterocycles. The number of hydrogen-bond donors (Lipinski definition) is 1. The average Bonchev–Trinajstić information content (AvgIpc) is 3.37. The van der Waals surface area contributed by atoms with Crippen LogP contribution in [0.2, 0.25) is 0 Å². The fraction of sp³-hybridized carbons (Fsp3) is 0.250. The Hall–Kier alpha value is -3.13. The molecule has 0 unspecified atom stereocenters. The number of para-hydroxylation sites is 1.